The molecule has 0 radical (unpaired) electrons. The Bertz CT molecular complexity index is 2070. The van der Waals surface area contributed by atoms with Crippen LogP contribution < -0.4 is 0 Å². The molecule has 0 amide bonds. The summed E-state index contributed by atoms with van der Waals surface area (Å²) < 4.78 is 2.24. The smallest absolute Gasteiger partial charge is 0.146 e. The zero-order chi connectivity index (χ0) is 22.7. The number of benzene rings is 3. The maximum atomic E-state index is 5.06. The van der Waals surface area contributed by atoms with E-state index in [1.807, 2.05) is 30.9 Å². The molecule has 2 aliphatic carbocycles. The zero-order valence-electron chi connectivity index (χ0n) is 18.8. The number of hydrogen-bond donors (Lipinski definition) is 0. The van der Waals surface area contributed by atoms with Crippen molar-refractivity contribution in [2.45, 2.75) is 12.8 Å². The Morgan fingerprint density at radius 3 is 2.49 bits per heavy atom. The summed E-state index contributed by atoms with van der Waals surface area (Å²) in [4.78, 5) is 14.0. The van der Waals surface area contributed by atoms with E-state index in [1.54, 1.807) is 0 Å². The first-order chi connectivity index (χ1) is 17.4. The molecule has 35 heavy (non-hydrogen) atoms. The predicted molar refractivity (Wildman–Crippen MR) is 140 cm³/mol. The van der Waals surface area contributed by atoms with E-state index >= 15 is 0 Å². The van der Waals surface area contributed by atoms with Crippen molar-refractivity contribution >= 4 is 38.4 Å². The topological polar surface area (TPSA) is 43.1 Å². The number of fused-ring (bicyclic) bond motifs is 16. The minimum absolute atomic E-state index is 0.932. The first kappa shape index (κ1) is 17.8. The molecular weight excluding hydrogens is 428 g/mol. The van der Waals surface area contributed by atoms with Gasteiger partial charge < -0.3 is 0 Å². The summed E-state index contributed by atoms with van der Waals surface area (Å²) in [6.45, 7) is 0. The van der Waals surface area contributed by atoms with Crippen LogP contribution in [0.1, 0.15) is 22.3 Å². The van der Waals surface area contributed by atoms with Gasteiger partial charge in [-0.1, -0.05) is 42.5 Å². The molecule has 0 saturated carbocycles. The lowest BCUT2D eigenvalue weighted by molar-refractivity contribution is 1.24. The minimum atomic E-state index is 0.932. The minimum Gasteiger partial charge on any atom is -0.290 e. The van der Waals surface area contributed by atoms with Crippen molar-refractivity contribution in [3.05, 3.63) is 108 Å². The molecule has 4 heteroatoms. The second kappa shape index (κ2) is 6.10. The van der Waals surface area contributed by atoms with E-state index in [9.17, 15) is 0 Å². The van der Waals surface area contributed by atoms with Crippen LogP contribution in [0, 0.1) is 0 Å². The summed E-state index contributed by atoms with van der Waals surface area (Å²) >= 11 is 0. The lowest BCUT2D eigenvalue weighted by Gasteiger charge is -2.12. The van der Waals surface area contributed by atoms with Gasteiger partial charge in [-0.15, -0.1) is 0 Å². The number of rotatable bonds is 0. The monoisotopic (exact) mass is 446 g/mol. The van der Waals surface area contributed by atoms with Gasteiger partial charge in [-0.3, -0.25) is 14.4 Å². The van der Waals surface area contributed by atoms with Gasteiger partial charge in [0.25, 0.3) is 0 Å². The average molecular weight is 447 g/mol. The van der Waals surface area contributed by atoms with E-state index in [1.165, 1.54) is 60.7 Å². The number of aromatic nitrogens is 4. The lowest BCUT2D eigenvalue weighted by atomic mass is 9.95. The number of pyridine rings is 3. The lowest BCUT2D eigenvalue weighted by Crippen LogP contribution is -1.95. The Labute approximate surface area is 200 Å². The molecule has 0 spiro atoms. The molecule has 4 heterocycles. The van der Waals surface area contributed by atoms with Gasteiger partial charge in [0.1, 0.15) is 5.65 Å². The molecule has 9 rings (SSSR count). The highest BCUT2D eigenvalue weighted by molar-refractivity contribution is 6.17. The van der Waals surface area contributed by atoms with Crippen LogP contribution in [0.15, 0.2) is 85.5 Å². The van der Waals surface area contributed by atoms with E-state index in [0.29, 0.717) is 0 Å². The van der Waals surface area contributed by atoms with Crippen LogP contribution in [0.5, 0.6) is 0 Å². The van der Waals surface area contributed by atoms with Crippen molar-refractivity contribution in [1.82, 2.24) is 19.4 Å². The Kier molecular flexibility index (Phi) is 3.11. The van der Waals surface area contributed by atoms with Gasteiger partial charge in [0.2, 0.25) is 0 Å². The average Bonchev–Trinajstić information content (AvgIpc) is 3.59. The van der Waals surface area contributed by atoms with Crippen molar-refractivity contribution in [2.24, 2.45) is 0 Å². The third-order valence-electron chi connectivity index (χ3n) is 8.03. The maximum Gasteiger partial charge on any atom is 0.146 e. The van der Waals surface area contributed by atoms with Crippen molar-refractivity contribution in [3.63, 3.8) is 0 Å². The largest absolute Gasteiger partial charge is 0.290 e. The Morgan fingerprint density at radius 2 is 1.49 bits per heavy atom. The third-order valence-corrected chi connectivity index (χ3v) is 8.03. The fraction of sp³-hybridized carbons (Fsp3) is 0.0645. The summed E-state index contributed by atoms with van der Waals surface area (Å²) in [6, 6.07) is 22.2. The predicted octanol–water partition coefficient (Wildman–Crippen LogP) is 6.73. The van der Waals surface area contributed by atoms with Crippen LogP contribution in [0.3, 0.4) is 0 Å². The second-order valence-corrected chi connectivity index (χ2v) is 9.68. The first-order valence-corrected chi connectivity index (χ1v) is 12.0. The van der Waals surface area contributed by atoms with Crippen molar-refractivity contribution in [2.75, 3.05) is 0 Å². The fourth-order valence-electron chi connectivity index (χ4n) is 6.62. The van der Waals surface area contributed by atoms with Gasteiger partial charge >= 0.3 is 0 Å². The Hall–Kier alpha value is -4.57. The molecule has 0 N–H and O–H groups in total. The molecule has 0 atom stereocenters. The highest BCUT2D eigenvalue weighted by atomic mass is 15.0. The van der Waals surface area contributed by atoms with Crippen LogP contribution in [0.25, 0.3) is 60.6 Å². The van der Waals surface area contributed by atoms with Crippen LogP contribution in [0.2, 0.25) is 0 Å². The molecule has 162 valence electrons. The highest BCUT2D eigenvalue weighted by Gasteiger charge is 2.30. The van der Waals surface area contributed by atoms with Crippen molar-refractivity contribution in [1.29, 1.82) is 0 Å². The van der Waals surface area contributed by atoms with Crippen molar-refractivity contribution < 1.29 is 0 Å². The van der Waals surface area contributed by atoms with E-state index in [0.717, 1.165) is 35.0 Å². The number of nitrogens with zero attached hydrogens (tertiary/aromatic N) is 4. The van der Waals surface area contributed by atoms with Crippen LogP contribution in [-0.2, 0) is 12.8 Å². The van der Waals surface area contributed by atoms with Gasteiger partial charge in [0.05, 0.1) is 22.7 Å². The van der Waals surface area contributed by atoms with E-state index in [2.05, 4.69) is 69.0 Å². The molecule has 3 aromatic carbocycles. The molecule has 7 aromatic rings. The van der Waals surface area contributed by atoms with E-state index in [4.69, 9.17) is 4.98 Å². The summed E-state index contributed by atoms with van der Waals surface area (Å²) in [7, 11) is 0. The van der Waals surface area contributed by atoms with Crippen LogP contribution >= 0.6 is 0 Å². The number of hydrogen-bond acceptors (Lipinski definition) is 3. The van der Waals surface area contributed by atoms with Gasteiger partial charge in [0, 0.05) is 34.7 Å². The molecule has 4 aromatic heterocycles. The molecule has 4 nitrogen and oxygen atoms in total. The molecule has 0 aliphatic heterocycles. The third kappa shape index (κ3) is 2.11. The standard InChI is InChI=1S/C31H18N4/c1-2-4-19-17(3-1)13-18-5-6-20-21-7-8-22-30(24(21)14-23(20)29(18)19)25-15-32-12-10-27(25)35-28-16-33-11-9-26(28)34-31(22)35/h1-12,15-16H,13-14H2. The molecular formula is C31H18N4. The first-order valence-electron chi connectivity index (χ1n) is 12.0. The van der Waals surface area contributed by atoms with Gasteiger partial charge in [0.15, 0.2) is 0 Å². The quantitative estimate of drug-likeness (QED) is 0.243. The molecule has 0 saturated heterocycles. The van der Waals surface area contributed by atoms with Crippen LogP contribution in [-0.4, -0.2) is 19.4 Å². The molecule has 0 fully saturated rings. The highest BCUT2D eigenvalue weighted by Crippen LogP contribution is 2.50. The van der Waals surface area contributed by atoms with Crippen molar-refractivity contribution in [3.8, 4) is 22.3 Å². The SMILES string of the molecule is c1ccc2c(c1)Cc1ccc3c(c1-2)Cc1c-3ccc2c1c1cnccc1n1c3cnccc3nc21. The van der Waals surface area contributed by atoms with Gasteiger partial charge in [-0.2, -0.15) is 0 Å². The summed E-state index contributed by atoms with van der Waals surface area (Å²) in [5.74, 6) is 0. The fourth-order valence-corrected chi connectivity index (χ4v) is 6.62. The molecule has 0 bridgehead atoms. The summed E-state index contributed by atoms with van der Waals surface area (Å²) in [6.07, 6.45) is 9.57. The van der Waals surface area contributed by atoms with E-state index < -0.39 is 0 Å². The normalized spacial score (nSPS) is 13.5. The second-order valence-electron chi connectivity index (χ2n) is 9.68. The Morgan fingerprint density at radius 1 is 0.629 bits per heavy atom. The van der Waals surface area contributed by atoms with Gasteiger partial charge in [-0.05, 0) is 75.5 Å². The zero-order valence-corrected chi connectivity index (χ0v) is 18.8. The van der Waals surface area contributed by atoms with Gasteiger partial charge in [-0.25, -0.2) is 4.98 Å². The number of imidazole rings is 1. The molecule has 2 aliphatic rings. The summed E-state index contributed by atoms with van der Waals surface area (Å²) in [5, 5.41) is 3.61. The van der Waals surface area contributed by atoms with Crippen LogP contribution in [0.4, 0.5) is 0 Å². The Balaban J connectivity index is 1.42. The molecule has 0 unspecified atom stereocenters. The van der Waals surface area contributed by atoms with E-state index in [-0.39, 0.29) is 0 Å². The summed E-state index contributed by atoms with van der Waals surface area (Å²) in [5.41, 5.74) is 15.4. The maximum absolute atomic E-state index is 5.06.